The first-order chi connectivity index (χ1) is 6.74. The second kappa shape index (κ2) is 5.42. The van der Waals surface area contributed by atoms with Gasteiger partial charge in [0.25, 0.3) is 0 Å². The number of rotatable bonds is 5. The summed E-state index contributed by atoms with van der Waals surface area (Å²) < 4.78 is 1.66. The summed E-state index contributed by atoms with van der Waals surface area (Å²) in [5.41, 5.74) is 5.31. The van der Waals surface area contributed by atoms with Crippen molar-refractivity contribution in [2.24, 2.45) is 0 Å². The molecule has 0 saturated heterocycles. The number of hydrogen-bond acceptors (Lipinski definition) is 2. The fourth-order valence-electron chi connectivity index (χ4n) is 1.36. The summed E-state index contributed by atoms with van der Waals surface area (Å²) in [5, 5.41) is 0. The van der Waals surface area contributed by atoms with Gasteiger partial charge in [0.1, 0.15) is 0 Å². The zero-order valence-electron chi connectivity index (χ0n) is 8.62. The van der Waals surface area contributed by atoms with E-state index in [4.69, 9.17) is 5.73 Å². The van der Waals surface area contributed by atoms with Gasteiger partial charge in [-0.2, -0.15) is 14.3 Å². The molecule has 1 aromatic rings. The van der Waals surface area contributed by atoms with Crippen LogP contribution in [0.2, 0.25) is 0 Å². The third-order valence-electron chi connectivity index (χ3n) is 2.20. The van der Waals surface area contributed by atoms with Crippen LogP contribution in [0.3, 0.4) is 0 Å². The molecule has 0 radical (unpaired) electrons. The Morgan fingerprint density at radius 2 is 2.21 bits per heavy atom. The second-order valence-corrected chi connectivity index (χ2v) is 3.46. The normalized spacial score (nSPS) is 10.4. The van der Waals surface area contributed by atoms with Gasteiger partial charge in [0.15, 0.2) is 5.82 Å². The van der Waals surface area contributed by atoms with Crippen molar-refractivity contribution >= 4 is 5.82 Å². The molecule has 1 heterocycles. The Bertz CT molecular complexity index is 332. The van der Waals surface area contributed by atoms with Crippen molar-refractivity contribution in [3.8, 4) is 0 Å². The van der Waals surface area contributed by atoms with Crippen LogP contribution < -0.4 is 16.0 Å². The van der Waals surface area contributed by atoms with E-state index < -0.39 is 0 Å². The summed E-state index contributed by atoms with van der Waals surface area (Å²) in [4.78, 5) is 13.9. The Hall–Kier alpha value is -1.32. The first-order valence-electron chi connectivity index (χ1n) is 5.12. The zero-order chi connectivity index (χ0) is 10.4. The molecule has 0 bridgehead atoms. The zero-order valence-corrected chi connectivity index (χ0v) is 8.62. The van der Waals surface area contributed by atoms with Crippen molar-refractivity contribution in [3.63, 3.8) is 0 Å². The maximum atomic E-state index is 11.3. The minimum Gasteiger partial charge on any atom is -0.366 e. The number of unbranched alkanes of at least 4 members (excludes halogenated alkanes) is 3. The van der Waals surface area contributed by atoms with Crippen molar-refractivity contribution in [1.29, 1.82) is 0 Å². The molecule has 1 aromatic heterocycles. The van der Waals surface area contributed by atoms with E-state index in [0.717, 1.165) is 13.0 Å². The van der Waals surface area contributed by atoms with Crippen LogP contribution in [0.15, 0.2) is 17.1 Å². The average Bonchev–Trinajstić information content (AvgIpc) is 2.15. The largest absolute Gasteiger partial charge is 0.497 e. The average molecular weight is 196 g/mol. The van der Waals surface area contributed by atoms with E-state index >= 15 is 0 Å². The first kappa shape index (κ1) is 10.8. The third kappa shape index (κ3) is 3.20. The Labute approximate surface area is 83.8 Å². The summed E-state index contributed by atoms with van der Waals surface area (Å²) >= 11 is 0. The van der Waals surface area contributed by atoms with Crippen LogP contribution in [0.25, 0.3) is 0 Å². The monoisotopic (exact) mass is 196 g/mol. The van der Waals surface area contributed by atoms with Crippen molar-refractivity contribution in [3.05, 3.63) is 22.7 Å². The lowest BCUT2D eigenvalue weighted by Crippen LogP contribution is -2.50. The molecule has 0 atom stereocenters. The molecule has 3 N–H and O–H groups in total. The summed E-state index contributed by atoms with van der Waals surface area (Å²) in [6, 6.07) is 1.71. The van der Waals surface area contributed by atoms with Gasteiger partial charge in [-0.05, 0) is 12.8 Å². The summed E-state index contributed by atoms with van der Waals surface area (Å²) in [5.74, 6) is 0.416. The van der Waals surface area contributed by atoms with Gasteiger partial charge in [0, 0.05) is 6.07 Å². The number of H-pyrrole nitrogens is 1. The van der Waals surface area contributed by atoms with Gasteiger partial charge >= 0.3 is 5.69 Å². The summed E-state index contributed by atoms with van der Waals surface area (Å²) in [6.07, 6.45) is 6.40. The lowest BCUT2D eigenvalue weighted by Gasteiger charge is -1.98. The van der Waals surface area contributed by atoms with Crippen molar-refractivity contribution in [2.75, 3.05) is 5.73 Å². The standard InChI is InChI=1S/C10H17N3O/c1-2-3-4-5-7-13-8-6-9(11)12-10(13)14/h6,8H,2-5,7H2,1H3,(H2,11,12,14)/p+1. The van der Waals surface area contributed by atoms with Crippen molar-refractivity contribution < 1.29 is 4.57 Å². The Balaban J connectivity index is 2.47. The van der Waals surface area contributed by atoms with Crippen LogP contribution in [0.4, 0.5) is 5.82 Å². The van der Waals surface area contributed by atoms with E-state index in [0.29, 0.717) is 5.82 Å². The molecule has 0 unspecified atom stereocenters. The van der Waals surface area contributed by atoms with E-state index in [-0.39, 0.29) is 5.69 Å². The van der Waals surface area contributed by atoms with Gasteiger partial charge in [-0.3, -0.25) is 0 Å². The molecule has 0 aliphatic heterocycles. The molecule has 4 nitrogen and oxygen atoms in total. The third-order valence-corrected chi connectivity index (χ3v) is 2.20. The van der Waals surface area contributed by atoms with Crippen molar-refractivity contribution in [2.45, 2.75) is 39.2 Å². The SMILES string of the molecule is CCCCCC[n+]1ccc(N)[nH]c1=O. The maximum Gasteiger partial charge on any atom is 0.497 e. The van der Waals surface area contributed by atoms with Crippen LogP contribution in [0.1, 0.15) is 32.6 Å². The Morgan fingerprint density at radius 1 is 1.43 bits per heavy atom. The highest BCUT2D eigenvalue weighted by atomic mass is 16.1. The molecule has 0 aliphatic rings. The molecular weight excluding hydrogens is 178 g/mol. The van der Waals surface area contributed by atoms with Gasteiger partial charge in [-0.1, -0.05) is 19.8 Å². The Kier molecular flexibility index (Phi) is 4.16. The number of aromatic nitrogens is 2. The van der Waals surface area contributed by atoms with E-state index in [1.165, 1.54) is 19.3 Å². The minimum absolute atomic E-state index is 0.124. The molecule has 0 aliphatic carbocycles. The number of anilines is 1. The number of aryl methyl sites for hydroxylation is 1. The fourth-order valence-corrected chi connectivity index (χ4v) is 1.36. The van der Waals surface area contributed by atoms with Crippen LogP contribution in [-0.2, 0) is 6.54 Å². The lowest BCUT2D eigenvalue weighted by molar-refractivity contribution is -0.714. The number of nitrogen functional groups attached to an aromatic ring is 1. The molecule has 0 saturated carbocycles. The second-order valence-electron chi connectivity index (χ2n) is 3.46. The van der Waals surface area contributed by atoms with E-state index in [1.807, 2.05) is 0 Å². The van der Waals surface area contributed by atoms with Crippen LogP contribution in [0, 0.1) is 0 Å². The maximum absolute atomic E-state index is 11.3. The molecular formula is C10H18N3O+. The number of hydrogen-bond donors (Lipinski definition) is 2. The molecule has 78 valence electrons. The highest BCUT2D eigenvalue weighted by Gasteiger charge is 2.03. The van der Waals surface area contributed by atoms with Gasteiger partial charge < -0.3 is 5.73 Å². The smallest absolute Gasteiger partial charge is 0.366 e. The quantitative estimate of drug-likeness (QED) is 0.541. The molecule has 1 rings (SSSR count). The molecule has 0 amide bonds. The molecule has 0 aromatic carbocycles. The Morgan fingerprint density at radius 3 is 2.86 bits per heavy atom. The van der Waals surface area contributed by atoms with Crippen LogP contribution in [0.5, 0.6) is 0 Å². The highest BCUT2D eigenvalue weighted by molar-refractivity contribution is 5.21. The van der Waals surface area contributed by atoms with Gasteiger partial charge in [-0.15, -0.1) is 0 Å². The van der Waals surface area contributed by atoms with Gasteiger partial charge in [-0.25, -0.2) is 0 Å². The van der Waals surface area contributed by atoms with E-state index in [2.05, 4.69) is 11.9 Å². The first-order valence-corrected chi connectivity index (χ1v) is 5.12. The fraction of sp³-hybridized carbons (Fsp3) is 0.600. The van der Waals surface area contributed by atoms with E-state index in [9.17, 15) is 4.79 Å². The number of nitrogens with zero attached hydrogens (tertiary/aromatic N) is 1. The predicted molar refractivity (Wildman–Crippen MR) is 55.8 cm³/mol. The summed E-state index contributed by atoms with van der Waals surface area (Å²) in [6.45, 7) is 2.94. The lowest BCUT2D eigenvalue weighted by atomic mass is 10.2. The number of nitrogens with one attached hydrogen (secondary N) is 1. The minimum atomic E-state index is -0.124. The van der Waals surface area contributed by atoms with E-state index in [1.54, 1.807) is 16.8 Å². The predicted octanol–water partition coefficient (Wildman–Crippen LogP) is 0.825. The molecule has 14 heavy (non-hydrogen) atoms. The number of aromatic amines is 1. The van der Waals surface area contributed by atoms with Gasteiger partial charge in [0.2, 0.25) is 0 Å². The van der Waals surface area contributed by atoms with Crippen LogP contribution >= 0.6 is 0 Å². The number of nitrogens with two attached hydrogens (primary N) is 1. The van der Waals surface area contributed by atoms with Gasteiger partial charge in [0.05, 0.1) is 12.7 Å². The molecule has 0 spiro atoms. The topological polar surface area (TPSA) is 62.8 Å². The summed E-state index contributed by atoms with van der Waals surface area (Å²) in [7, 11) is 0. The van der Waals surface area contributed by atoms with Crippen molar-refractivity contribution in [1.82, 2.24) is 4.98 Å². The molecule has 4 heteroatoms. The highest BCUT2D eigenvalue weighted by Crippen LogP contribution is 1.97. The molecule has 0 fully saturated rings. The van der Waals surface area contributed by atoms with Crippen LogP contribution in [-0.4, -0.2) is 4.98 Å².